The highest BCUT2D eigenvalue weighted by atomic mass is 19.4. The number of halogens is 3. The minimum absolute atomic E-state index is 0.0538. The maximum absolute atomic E-state index is 13.6. The van der Waals surface area contributed by atoms with Gasteiger partial charge in [0, 0.05) is 11.9 Å². The molecule has 150 valence electrons. The topological polar surface area (TPSA) is 59.8 Å². The van der Waals surface area contributed by atoms with Gasteiger partial charge in [-0.25, -0.2) is 9.67 Å². The van der Waals surface area contributed by atoms with Crippen molar-refractivity contribution in [2.75, 3.05) is 6.54 Å². The molecule has 0 fully saturated rings. The third-order valence-corrected chi connectivity index (χ3v) is 4.75. The lowest BCUT2D eigenvalue weighted by Gasteiger charge is -2.07. The number of fused-ring (bicyclic) bond motifs is 2. The number of para-hydroxylation sites is 1. The molecular formula is C20H23F3N4O. The number of benzene rings is 1. The lowest BCUT2D eigenvalue weighted by atomic mass is 10.1. The van der Waals surface area contributed by atoms with E-state index in [1.54, 1.807) is 31.2 Å². The Morgan fingerprint density at radius 2 is 1.93 bits per heavy atom. The number of amides is 1. The molecule has 8 heteroatoms. The zero-order chi connectivity index (χ0) is 20.3. The minimum atomic E-state index is -4.63. The number of unbranched alkanes of at least 4 members (excludes halogenated alkanes) is 3. The van der Waals surface area contributed by atoms with Crippen LogP contribution in [0, 0.1) is 6.92 Å². The van der Waals surface area contributed by atoms with Gasteiger partial charge in [-0.2, -0.15) is 18.3 Å². The highest BCUT2D eigenvalue weighted by Gasteiger charge is 2.38. The van der Waals surface area contributed by atoms with Crippen LogP contribution in [-0.4, -0.2) is 27.2 Å². The molecule has 0 aliphatic heterocycles. The van der Waals surface area contributed by atoms with Gasteiger partial charge in [-0.3, -0.25) is 4.79 Å². The molecule has 0 aliphatic rings. The van der Waals surface area contributed by atoms with Gasteiger partial charge < -0.3 is 5.32 Å². The first-order chi connectivity index (χ1) is 13.3. The third-order valence-electron chi connectivity index (χ3n) is 4.75. The molecule has 0 atom stereocenters. The molecule has 5 nitrogen and oxygen atoms in total. The Balaban J connectivity index is 1.95. The van der Waals surface area contributed by atoms with Crippen LogP contribution in [0.2, 0.25) is 0 Å². The number of aryl methyl sites for hydroxylation is 1. The highest BCUT2D eigenvalue weighted by molar-refractivity contribution is 5.97. The second-order valence-electron chi connectivity index (χ2n) is 6.87. The summed E-state index contributed by atoms with van der Waals surface area (Å²) < 4.78 is 41.8. The molecule has 0 unspecified atom stereocenters. The SMILES string of the molecule is CCCCCCNC(=O)Cn1nc(C(F)(F)F)c2c(C)c3ccccc3nc21. The molecule has 28 heavy (non-hydrogen) atoms. The summed E-state index contributed by atoms with van der Waals surface area (Å²) in [6.45, 7) is 3.92. The first-order valence-electron chi connectivity index (χ1n) is 9.42. The van der Waals surface area contributed by atoms with Gasteiger partial charge in [0.1, 0.15) is 6.54 Å². The van der Waals surface area contributed by atoms with Crippen molar-refractivity contribution in [3.8, 4) is 0 Å². The average molecular weight is 392 g/mol. The van der Waals surface area contributed by atoms with Crippen LogP contribution in [0.25, 0.3) is 21.9 Å². The number of nitrogens with zero attached hydrogens (tertiary/aromatic N) is 3. The molecule has 0 saturated heterocycles. The van der Waals surface area contributed by atoms with E-state index in [2.05, 4.69) is 22.3 Å². The lowest BCUT2D eigenvalue weighted by Crippen LogP contribution is -2.29. The standard InChI is InChI=1S/C20H23F3N4O/c1-3-4-5-8-11-24-16(28)12-27-19-17(18(26-27)20(21,22)23)13(2)14-9-6-7-10-15(14)25-19/h6-7,9-10H,3-5,8,11-12H2,1-2H3,(H,24,28). The van der Waals surface area contributed by atoms with Crippen molar-refractivity contribution in [2.45, 2.75) is 52.3 Å². The van der Waals surface area contributed by atoms with E-state index in [0.717, 1.165) is 30.4 Å². The van der Waals surface area contributed by atoms with E-state index in [1.165, 1.54) is 0 Å². The second-order valence-corrected chi connectivity index (χ2v) is 6.87. The summed E-state index contributed by atoms with van der Waals surface area (Å²) in [4.78, 5) is 16.6. The molecule has 2 heterocycles. The molecule has 0 aliphatic carbocycles. The van der Waals surface area contributed by atoms with E-state index in [1.807, 2.05) is 0 Å². The molecule has 2 aromatic heterocycles. The summed E-state index contributed by atoms with van der Waals surface area (Å²) in [7, 11) is 0. The molecule has 0 radical (unpaired) electrons. The van der Waals surface area contributed by atoms with E-state index in [4.69, 9.17) is 0 Å². The fourth-order valence-electron chi connectivity index (χ4n) is 3.33. The number of nitrogens with one attached hydrogen (secondary N) is 1. The second kappa shape index (κ2) is 8.16. The number of carbonyl (C=O) groups excluding carboxylic acids is 1. The summed E-state index contributed by atoms with van der Waals surface area (Å²) in [6.07, 6.45) is -0.603. The number of rotatable bonds is 7. The van der Waals surface area contributed by atoms with Crippen molar-refractivity contribution in [1.29, 1.82) is 0 Å². The number of hydrogen-bond donors (Lipinski definition) is 1. The molecule has 1 N–H and O–H groups in total. The van der Waals surface area contributed by atoms with Crippen LogP contribution in [0.15, 0.2) is 24.3 Å². The Hall–Kier alpha value is -2.64. The quantitative estimate of drug-likeness (QED) is 0.598. The monoisotopic (exact) mass is 392 g/mol. The number of carbonyl (C=O) groups is 1. The maximum atomic E-state index is 13.6. The molecular weight excluding hydrogens is 369 g/mol. The van der Waals surface area contributed by atoms with Crippen LogP contribution in [-0.2, 0) is 17.5 Å². The highest BCUT2D eigenvalue weighted by Crippen LogP contribution is 2.37. The van der Waals surface area contributed by atoms with Crippen LogP contribution >= 0.6 is 0 Å². The van der Waals surface area contributed by atoms with Crippen molar-refractivity contribution in [1.82, 2.24) is 20.1 Å². The summed E-state index contributed by atoms with van der Waals surface area (Å²) in [5.41, 5.74) is 0.0974. The summed E-state index contributed by atoms with van der Waals surface area (Å²) in [6, 6.07) is 7.00. The van der Waals surface area contributed by atoms with E-state index >= 15 is 0 Å². The van der Waals surface area contributed by atoms with Crippen molar-refractivity contribution >= 4 is 27.8 Å². The third kappa shape index (κ3) is 4.10. The molecule has 0 spiro atoms. The normalized spacial score (nSPS) is 12.0. The molecule has 3 rings (SSSR count). The van der Waals surface area contributed by atoms with E-state index < -0.39 is 11.9 Å². The Bertz CT molecular complexity index is 994. The lowest BCUT2D eigenvalue weighted by molar-refractivity contribution is -0.140. The van der Waals surface area contributed by atoms with Crippen LogP contribution < -0.4 is 5.32 Å². The minimum Gasteiger partial charge on any atom is -0.354 e. The first-order valence-corrected chi connectivity index (χ1v) is 9.42. The van der Waals surface area contributed by atoms with Crippen LogP contribution in [0.4, 0.5) is 13.2 Å². The Morgan fingerprint density at radius 3 is 2.64 bits per heavy atom. The molecule has 0 bridgehead atoms. The van der Waals surface area contributed by atoms with Gasteiger partial charge >= 0.3 is 6.18 Å². The van der Waals surface area contributed by atoms with Gasteiger partial charge in [-0.1, -0.05) is 44.4 Å². The van der Waals surface area contributed by atoms with Crippen molar-refractivity contribution in [3.05, 3.63) is 35.5 Å². The predicted octanol–water partition coefficient (Wildman–Crippen LogP) is 4.61. The van der Waals surface area contributed by atoms with Gasteiger partial charge in [0.25, 0.3) is 0 Å². The van der Waals surface area contributed by atoms with Crippen molar-refractivity contribution in [3.63, 3.8) is 0 Å². The summed E-state index contributed by atoms with van der Waals surface area (Å²) in [5.74, 6) is -0.373. The van der Waals surface area contributed by atoms with Gasteiger partial charge in [0.05, 0.1) is 10.9 Å². The van der Waals surface area contributed by atoms with Crippen molar-refractivity contribution < 1.29 is 18.0 Å². The smallest absolute Gasteiger partial charge is 0.354 e. The van der Waals surface area contributed by atoms with Gasteiger partial charge in [0.2, 0.25) is 5.91 Å². The molecule has 1 amide bonds. The van der Waals surface area contributed by atoms with Crippen LogP contribution in [0.5, 0.6) is 0 Å². The average Bonchev–Trinajstić information content (AvgIpc) is 3.01. The van der Waals surface area contributed by atoms with Gasteiger partial charge in [-0.05, 0) is 25.0 Å². The van der Waals surface area contributed by atoms with Crippen molar-refractivity contribution in [2.24, 2.45) is 0 Å². The summed E-state index contributed by atoms with van der Waals surface area (Å²) in [5, 5.41) is 7.04. The van der Waals surface area contributed by atoms with Crippen LogP contribution in [0.3, 0.4) is 0 Å². The van der Waals surface area contributed by atoms with Gasteiger partial charge in [0.15, 0.2) is 11.3 Å². The number of pyridine rings is 1. The zero-order valence-corrected chi connectivity index (χ0v) is 15.9. The van der Waals surface area contributed by atoms with E-state index in [9.17, 15) is 18.0 Å². The fraction of sp³-hybridized carbons (Fsp3) is 0.450. The maximum Gasteiger partial charge on any atom is 0.435 e. The molecule has 3 aromatic rings. The fourth-order valence-corrected chi connectivity index (χ4v) is 3.33. The van der Waals surface area contributed by atoms with E-state index in [-0.39, 0.29) is 23.5 Å². The molecule has 0 saturated carbocycles. The van der Waals surface area contributed by atoms with E-state index in [0.29, 0.717) is 23.0 Å². The largest absolute Gasteiger partial charge is 0.435 e. The summed E-state index contributed by atoms with van der Waals surface area (Å²) >= 11 is 0. The number of hydrogen-bond acceptors (Lipinski definition) is 3. The number of alkyl halides is 3. The predicted molar refractivity (Wildman–Crippen MR) is 102 cm³/mol. The molecule has 1 aromatic carbocycles. The Morgan fingerprint density at radius 1 is 1.18 bits per heavy atom. The number of aromatic nitrogens is 3. The first kappa shape index (κ1) is 20.1. The Labute approximate surface area is 160 Å². The van der Waals surface area contributed by atoms with Crippen LogP contribution in [0.1, 0.15) is 43.9 Å². The Kier molecular flexibility index (Phi) is 5.86. The van der Waals surface area contributed by atoms with Gasteiger partial charge in [-0.15, -0.1) is 0 Å². The zero-order valence-electron chi connectivity index (χ0n) is 15.9.